The number of nitrogens with zero attached hydrogens (tertiary/aromatic N) is 1. The Hall–Kier alpha value is -1.64. The molecule has 0 aromatic carbocycles. The van der Waals surface area contributed by atoms with Crippen LogP contribution in [0.15, 0.2) is 0 Å². The summed E-state index contributed by atoms with van der Waals surface area (Å²) in [6, 6.07) is -0.943. The van der Waals surface area contributed by atoms with Crippen molar-refractivity contribution in [1.29, 1.82) is 0 Å². The maximum Gasteiger partial charge on any atom is 0.411 e. The maximum absolute atomic E-state index is 11.7. The Balaban J connectivity index is 2.34. The van der Waals surface area contributed by atoms with Crippen molar-refractivity contribution in [3.63, 3.8) is 0 Å². The molecule has 1 N–H and O–H groups in total. The number of nitrogens with one attached hydrogen (secondary N) is 1. The van der Waals surface area contributed by atoms with Gasteiger partial charge in [-0.3, -0.25) is 19.8 Å². The maximum atomic E-state index is 11.7. The van der Waals surface area contributed by atoms with E-state index >= 15 is 0 Å². The smallest absolute Gasteiger partial charge is 0.370 e. The fourth-order valence-corrected chi connectivity index (χ4v) is 1.15. The van der Waals surface area contributed by atoms with Gasteiger partial charge >= 0.3 is 12.2 Å². The quantitative estimate of drug-likeness (QED) is 0.567. The predicted octanol–water partition coefficient (Wildman–Crippen LogP) is 0.0338. The molecule has 0 spiro atoms. The number of carbonyl (C=O) groups excluding carboxylic acids is 3. The van der Waals surface area contributed by atoms with Crippen LogP contribution >= 0.6 is 0 Å². The van der Waals surface area contributed by atoms with E-state index in [-0.39, 0.29) is 6.54 Å². The molecule has 9 heteroatoms. The SMILES string of the molecule is O=C1CC(=O)N(CCOCC(F)(F)F)C(=O)N1. The second-order valence-corrected chi connectivity index (χ2v) is 3.24. The van der Waals surface area contributed by atoms with Gasteiger partial charge in [-0.1, -0.05) is 0 Å². The number of hydrogen-bond acceptors (Lipinski definition) is 4. The minimum absolute atomic E-state index is 0.325. The van der Waals surface area contributed by atoms with Crippen LogP contribution in [0.3, 0.4) is 0 Å². The zero-order chi connectivity index (χ0) is 13.1. The zero-order valence-electron chi connectivity index (χ0n) is 8.54. The Bertz CT molecular complexity index is 322. The third kappa shape index (κ3) is 4.39. The highest BCUT2D eigenvalue weighted by Crippen LogP contribution is 2.14. The van der Waals surface area contributed by atoms with Crippen molar-refractivity contribution in [1.82, 2.24) is 10.2 Å². The number of barbiturate groups is 1. The van der Waals surface area contributed by atoms with Crippen LogP contribution in [0, 0.1) is 0 Å². The first-order valence-electron chi connectivity index (χ1n) is 4.58. The van der Waals surface area contributed by atoms with Crippen LogP contribution in [-0.4, -0.2) is 48.7 Å². The molecule has 6 nitrogen and oxygen atoms in total. The van der Waals surface area contributed by atoms with Gasteiger partial charge in [0.05, 0.1) is 13.2 Å². The van der Waals surface area contributed by atoms with Crippen molar-refractivity contribution in [3.8, 4) is 0 Å². The van der Waals surface area contributed by atoms with E-state index in [2.05, 4.69) is 4.74 Å². The van der Waals surface area contributed by atoms with E-state index in [4.69, 9.17) is 0 Å². The number of ether oxygens (including phenoxy) is 1. The highest BCUT2D eigenvalue weighted by Gasteiger charge is 2.31. The van der Waals surface area contributed by atoms with Gasteiger partial charge in [0.15, 0.2) is 0 Å². The molecule has 0 aliphatic carbocycles. The molecule has 0 bridgehead atoms. The highest BCUT2D eigenvalue weighted by atomic mass is 19.4. The molecule has 1 rings (SSSR count). The summed E-state index contributed by atoms with van der Waals surface area (Å²) in [6.45, 7) is -2.21. The number of amides is 4. The van der Waals surface area contributed by atoms with Crippen molar-refractivity contribution in [3.05, 3.63) is 0 Å². The summed E-state index contributed by atoms with van der Waals surface area (Å²) in [5.74, 6) is -1.48. The van der Waals surface area contributed by atoms with Crippen molar-refractivity contribution in [2.45, 2.75) is 12.6 Å². The Morgan fingerprint density at radius 2 is 1.94 bits per heavy atom. The number of hydrogen-bond donors (Lipinski definition) is 1. The molecule has 17 heavy (non-hydrogen) atoms. The second-order valence-electron chi connectivity index (χ2n) is 3.24. The number of halogens is 3. The summed E-state index contributed by atoms with van der Waals surface area (Å²) >= 11 is 0. The molecule has 1 aliphatic heterocycles. The molecule has 1 saturated heterocycles. The third-order valence-electron chi connectivity index (χ3n) is 1.83. The van der Waals surface area contributed by atoms with Crippen molar-refractivity contribution >= 4 is 17.8 Å². The predicted molar refractivity (Wildman–Crippen MR) is 46.7 cm³/mol. The van der Waals surface area contributed by atoms with Gasteiger partial charge in [-0.05, 0) is 0 Å². The van der Waals surface area contributed by atoms with E-state index in [0.717, 1.165) is 0 Å². The monoisotopic (exact) mass is 254 g/mol. The van der Waals surface area contributed by atoms with E-state index in [1.54, 1.807) is 0 Å². The van der Waals surface area contributed by atoms with E-state index in [1.165, 1.54) is 0 Å². The number of imide groups is 2. The van der Waals surface area contributed by atoms with Gasteiger partial charge in [-0.25, -0.2) is 4.79 Å². The second kappa shape index (κ2) is 5.13. The molecule has 96 valence electrons. The molecule has 0 aromatic rings. The van der Waals surface area contributed by atoms with Crippen LogP contribution in [0.2, 0.25) is 0 Å². The summed E-state index contributed by atoms with van der Waals surface area (Å²) in [5, 5.41) is 1.87. The molecule has 0 unspecified atom stereocenters. The van der Waals surface area contributed by atoms with Crippen LogP contribution in [-0.2, 0) is 14.3 Å². The minimum Gasteiger partial charge on any atom is -0.370 e. The average Bonchev–Trinajstić information content (AvgIpc) is 2.13. The van der Waals surface area contributed by atoms with Gasteiger partial charge < -0.3 is 4.74 Å². The van der Waals surface area contributed by atoms with Crippen molar-refractivity contribution in [2.24, 2.45) is 0 Å². The zero-order valence-corrected chi connectivity index (χ0v) is 8.54. The van der Waals surface area contributed by atoms with E-state index in [0.29, 0.717) is 4.90 Å². The molecule has 0 saturated carbocycles. The molecule has 0 atom stereocenters. The summed E-state index contributed by atoms with van der Waals surface area (Å²) < 4.78 is 39.3. The summed E-state index contributed by atoms with van der Waals surface area (Å²) in [5.41, 5.74) is 0. The number of alkyl halides is 3. The molecule has 1 aliphatic rings. The Morgan fingerprint density at radius 1 is 1.29 bits per heavy atom. The van der Waals surface area contributed by atoms with Gasteiger partial charge in [0.2, 0.25) is 11.8 Å². The fraction of sp³-hybridized carbons (Fsp3) is 0.625. The first-order chi connectivity index (χ1) is 7.79. The van der Waals surface area contributed by atoms with E-state index in [9.17, 15) is 27.6 Å². The van der Waals surface area contributed by atoms with Gasteiger partial charge in [0, 0.05) is 0 Å². The normalized spacial score (nSPS) is 17.4. The van der Waals surface area contributed by atoms with Crippen LogP contribution in [0.25, 0.3) is 0 Å². The van der Waals surface area contributed by atoms with Crippen LogP contribution in [0.1, 0.15) is 6.42 Å². The standard InChI is InChI=1S/C8H9F3N2O4/c9-8(10,11)4-17-2-1-13-6(15)3-5(14)12-7(13)16/h1-4H2,(H,12,14,16). The summed E-state index contributed by atoms with van der Waals surface area (Å²) in [7, 11) is 0. The molecule has 0 aromatic heterocycles. The lowest BCUT2D eigenvalue weighted by Gasteiger charge is -2.24. The van der Waals surface area contributed by atoms with Crippen LogP contribution in [0.5, 0.6) is 0 Å². The van der Waals surface area contributed by atoms with Crippen molar-refractivity contribution < 1.29 is 32.3 Å². The average molecular weight is 254 g/mol. The van der Waals surface area contributed by atoms with E-state index in [1.807, 2.05) is 5.32 Å². The largest absolute Gasteiger partial charge is 0.411 e. The first-order valence-corrected chi connectivity index (χ1v) is 4.58. The van der Waals surface area contributed by atoms with Crippen molar-refractivity contribution in [2.75, 3.05) is 19.8 Å². The topological polar surface area (TPSA) is 75.7 Å². The van der Waals surface area contributed by atoms with Gasteiger partial charge in [0.25, 0.3) is 0 Å². The lowest BCUT2D eigenvalue weighted by atomic mass is 10.3. The number of urea groups is 1. The molecular weight excluding hydrogens is 245 g/mol. The highest BCUT2D eigenvalue weighted by molar-refractivity contribution is 6.14. The molecule has 1 heterocycles. The third-order valence-corrected chi connectivity index (χ3v) is 1.83. The minimum atomic E-state index is -4.45. The lowest BCUT2D eigenvalue weighted by Crippen LogP contribution is -2.53. The van der Waals surface area contributed by atoms with Gasteiger partial charge in [-0.15, -0.1) is 0 Å². The molecule has 0 radical (unpaired) electrons. The van der Waals surface area contributed by atoms with Gasteiger partial charge in [0.1, 0.15) is 13.0 Å². The molecule has 1 fully saturated rings. The molecular formula is C8H9F3N2O4. The van der Waals surface area contributed by atoms with Crippen LogP contribution < -0.4 is 5.32 Å². The number of rotatable bonds is 4. The summed E-state index contributed by atoms with van der Waals surface area (Å²) in [6.07, 6.45) is -4.95. The fourth-order valence-electron chi connectivity index (χ4n) is 1.15. The van der Waals surface area contributed by atoms with Gasteiger partial charge in [-0.2, -0.15) is 13.2 Å². The number of carbonyl (C=O) groups is 3. The Labute approximate surface area is 93.7 Å². The Morgan fingerprint density at radius 3 is 2.47 bits per heavy atom. The Kier molecular flexibility index (Phi) is 4.05. The first kappa shape index (κ1) is 13.4. The molecule has 4 amide bonds. The van der Waals surface area contributed by atoms with Crippen LogP contribution in [0.4, 0.5) is 18.0 Å². The lowest BCUT2D eigenvalue weighted by molar-refractivity contribution is -0.174. The van der Waals surface area contributed by atoms with E-state index < -0.39 is 43.7 Å². The summed E-state index contributed by atoms with van der Waals surface area (Å²) in [4.78, 5) is 33.6.